The van der Waals surface area contributed by atoms with E-state index in [1.54, 1.807) is 6.07 Å². The molecule has 1 saturated heterocycles. The standard InChI is InChI=1S/C19H26FN3O3.C4H4O4/c1-3-23(4-2,19(24)25)12-11-22-9-7-14(8-10-22)18-16-6-5-15(20)13-17(16)26-21-18;5-3(6)1-2-4(7)8/h5-6,13-14H,3-4,7-12H2,1-2H3;1-2H,(H,5,6)(H,7,8)/b;2-1+. The van der Waals surface area contributed by atoms with Gasteiger partial charge >= 0.3 is 11.9 Å². The number of amides is 1. The molecule has 0 aliphatic carbocycles. The van der Waals surface area contributed by atoms with E-state index in [9.17, 15) is 23.9 Å². The monoisotopic (exact) mass is 479 g/mol. The molecule has 186 valence electrons. The Balaban J connectivity index is 0.000000440. The minimum absolute atomic E-state index is 0.000579. The SMILES string of the molecule is CC[N+](CC)(CCN1CCC(c2noc3cc(F)ccc23)CC1)C(=O)[O-].O=C(O)/C=C/C(=O)O. The zero-order valence-electron chi connectivity index (χ0n) is 19.3. The first-order valence-corrected chi connectivity index (χ1v) is 11.1. The number of carbonyl (C=O) groups excluding carboxylic acids is 1. The molecule has 1 aromatic heterocycles. The van der Waals surface area contributed by atoms with Crippen LogP contribution >= 0.6 is 0 Å². The van der Waals surface area contributed by atoms with Crippen LogP contribution in [0.15, 0.2) is 34.9 Å². The van der Waals surface area contributed by atoms with Crippen molar-refractivity contribution in [3.05, 3.63) is 41.9 Å². The largest absolute Gasteiger partial charge is 0.498 e. The van der Waals surface area contributed by atoms with Gasteiger partial charge in [-0.05, 0) is 51.9 Å². The van der Waals surface area contributed by atoms with E-state index in [4.69, 9.17) is 14.7 Å². The van der Waals surface area contributed by atoms with Crippen molar-refractivity contribution in [2.45, 2.75) is 32.6 Å². The van der Waals surface area contributed by atoms with Crippen LogP contribution < -0.4 is 5.11 Å². The lowest BCUT2D eigenvalue weighted by Gasteiger charge is -2.39. The van der Waals surface area contributed by atoms with Gasteiger partial charge in [0, 0.05) is 36.1 Å². The molecule has 0 bridgehead atoms. The summed E-state index contributed by atoms with van der Waals surface area (Å²) in [5.74, 6) is -2.55. The molecule has 0 spiro atoms. The molecule has 1 aromatic carbocycles. The number of carbonyl (C=O) groups is 3. The van der Waals surface area contributed by atoms with E-state index in [-0.39, 0.29) is 16.2 Å². The van der Waals surface area contributed by atoms with E-state index >= 15 is 0 Å². The summed E-state index contributed by atoms with van der Waals surface area (Å²) in [6, 6.07) is 4.54. The third-order valence-corrected chi connectivity index (χ3v) is 6.25. The molecule has 3 rings (SSSR count). The van der Waals surface area contributed by atoms with Gasteiger partial charge in [-0.3, -0.25) is 9.38 Å². The van der Waals surface area contributed by atoms with Crippen LogP contribution in [0.25, 0.3) is 11.0 Å². The number of likely N-dealkylation sites (N-methyl/N-ethyl adjacent to an activating group) is 1. The zero-order valence-corrected chi connectivity index (χ0v) is 19.3. The van der Waals surface area contributed by atoms with E-state index in [1.165, 1.54) is 12.1 Å². The highest BCUT2D eigenvalue weighted by Gasteiger charge is 2.29. The molecule has 2 N–H and O–H groups in total. The van der Waals surface area contributed by atoms with Crippen molar-refractivity contribution >= 4 is 29.0 Å². The molecule has 2 aromatic rings. The maximum Gasteiger partial charge on any atom is 0.328 e. The molecule has 1 aliphatic heterocycles. The average Bonchev–Trinajstić information content (AvgIpc) is 3.22. The minimum Gasteiger partial charge on any atom is -0.498 e. The second kappa shape index (κ2) is 12.2. The van der Waals surface area contributed by atoms with Crippen molar-refractivity contribution in [3.63, 3.8) is 0 Å². The van der Waals surface area contributed by atoms with Gasteiger partial charge in [0.2, 0.25) is 0 Å². The van der Waals surface area contributed by atoms with Gasteiger partial charge in [-0.2, -0.15) is 0 Å². The lowest BCUT2D eigenvalue weighted by atomic mass is 9.91. The predicted molar refractivity (Wildman–Crippen MR) is 118 cm³/mol. The van der Waals surface area contributed by atoms with Crippen LogP contribution in [0.3, 0.4) is 0 Å². The van der Waals surface area contributed by atoms with Gasteiger partial charge in [-0.1, -0.05) is 5.16 Å². The van der Waals surface area contributed by atoms with Crippen molar-refractivity contribution in [3.8, 4) is 0 Å². The van der Waals surface area contributed by atoms with Crippen LogP contribution in [0.1, 0.15) is 38.3 Å². The summed E-state index contributed by atoms with van der Waals surface area (Å²) in [6.45, 7) is 7.95. The van der Waals surface area contributed by atoms with E-state index in [0.29, 0.717) is 37.4 Å². The molecule has 34 heavy (non-hydrogen) atoms. The first kappa shape index (κ1) is 26.9. The summed E-state index contributed by atoms with van der Waals surface area (Å²) in [4.78, 5) is 32.9. The molecular formula is C23H30FN3O7. The second-order valence-electron chi connectivity index (χ2n) is 8.10. The Bertz CT molecular complexity index is 1010. The second-order valence-corrected chi connectivity index (χ2v) is 8.10. The number of hydrogen-bond donors (Lipinski definition) is 2. The highest BCUT2D eigenvalue weighted by Crippen LogP contribution is 2.32. The van der Waals surface area contributed by atoms with E-state index in [0.717, 1.165) is 43.6 Å². The van der Waals surface area contributed by atoms with Gasteiger partial charge < -0.3 is 24.6 Å². The van der Waals surface area contributed by atoms with E-state index in [2.05, 4.69) is 10.1 Å². The summed E-state index contributed by atoms with van der Waals surface area (Å²) in [6.07, 6.45) is 1.99. The molecular weight excluding hydrogens is 449 g/mol. The lowest BCUT2D eigenvalue weighted by Crippen LogP contribution is -2.61. The predicted octanol–water partition coefficient (Wildman–Crippen LogP) is 2.06. The van der Waals surface area contributed by atoms with Crippen LogP contribution in [0.2, 0.25) is 0 Å². The van der Waals surface area contributed by atoms with Crippen LogP contribution in [0.4, 0.5) is 9.18 Å². The Labute approximate surface area is 196 Å². The number of carboxylic acids is 2. The number of hydrogen-bond acceptors (Lipinski definition) is 7. The van der Waals surface area contributed by atoms with Crippen molar-refractivity contribution < 1.29 is 43.1 Å². The molecule has 0 saturated carbocycles. The minimum atomic E-state index is -1.26. The number of fused-ring (bicyclic) bond motifs is 1. The number of aromatic nitrogens is 1. The van der Waals surface area contributed by atoms with Crippen molar-refractivity contribution in [2.24, 2.45) is 0 Å². The van der Waals surface area contributed by atoms with Gasteiger partial charge in [-0.25, -0.2) is 14.0 Å². The van der Waals surface area contributed by atoms with E-state index < -0.39 is 18.0 Å². The molecule has 2 heterocycles. The van der Waals surface area contributed by atoms with Gasteiger partial charge in [-0.15, -0.1) is 0 Å². The number of piperidine rings is 1. The van der Waals surface area contributed by atoms with Crippen molar-refractivity contribution in [2.75, 3.05) is 39.3 Å². The van der Waals surface area contributed by atoms with Gasteiger partial charge in [0.05, 0.1) is 25.3 Å². The summed E-state index contributed by atoms with van der Waals surface area (Å²) in [5.41, 5.74) is 1.39. The molecule has 1 aliphatic rings. The normalized spacial score (nSPS) is 15.3. The Morgan fingerprint density at radius 2 is 1.76 bits per heavy atom. The summed E-state index contributed by atoms with van der Waals surface area (Å²) >= 11 is 0. The number of benzene rings is 1. The Morgan fingerprint density at radius 1 is 1.18 bits per heavy atom. The molecule has 0 atom stereocenters. The molecule has 1 fully saturated rings. The number of carboxylic acid groups (broad SMARTS) is 3. The third-order valence-electron chi connectivity index (χ3n) is 6.25. The number of halogens is 1. The topological polar surface area (TPSA) is 144 Å². The number of rotatable bonds is 8. The molecule has 0 unspecified atom stereocenters. The fourth-order valence-electron chi connectivity index (χ4n) is 4.02. The van der Waals surface area contributed by atoms with Crippen LogP contribution in [-0.2, 0) is 9.59 Å². The van der Waals surface area contributed by atoms with Crippen molar-refractivity contribution in [1.82, 2.24) is 10.1 Å². The summed E-state index contributed by atoms with van der Waals surface area (Å²) in [7, 11) is 0. The van der Waals surface area contributed by atoms with Gasteiger partial charge in [0.1, 0.15) is 5.82 Å². The Hall–Kier alpha value is -3.31. The average molecular weight is 480 g/mol. The maximum atomic E-state index is 13.3. The van der Waals surface area contributed by atoms with Gasteiger partial charge in [0.25, 0.3) is 6.09 Å². The number of quaternary nitrogens is 1. The van der Waals surface area contributed by atoms with Crippen LogP contribution in [-0.4, -0.2) is 82.1 Å². The fourth-order valence-corrected chi connectivity index (χ4v) is 4.02. The lowest BCUT2D eigenvalue weighted by molar-refractivity contribution is -0.872. The van der Waals surface area contributed by atoms with Crippen LogP contribution in [0.5, 0.6) is 0 Å². The highest BCUT2D eigenvalue weighted by molar-refractivity contribution is 5.89. The number of likely N-dealkylation sites (tertiary alicyclic amines) is 1. The molecule has 10 nitrogen and oxygen atoms in total. The summed E-state index contributed by atoms with van der Waals surface area (Å²) in [5, 5.41) is 32.2. The smallest absolute Gasteiger partial charge is 0.328 e. The molecule has 1 amide bonds. The summed E-state index contributed by atoms with van der Waals surface area (Å²) < 4.78 is 18.6. The van der Waals surface area contributed by atoms with E-state index in [1.807, 2.05) is 13.8 Å². The highest BCUT2D eigenvalue weighted by atomic mass is 19.1. The van der Waals surface area contributed by atoms with Gasteiger partial charge in [0.15, 0.2) is 5.58 Å². The number of aliphatic carboxylic acids is 2. The fraction of sp³-hybridized carbons (Fsp3) is 0.478. The van der Waals surface area contributed by atoms with Crippen molar-refractivity contribution in [1.29, 1.82) is 0 Å². The number of nitrogens with zero attached hydrogens (tertiary/aromatic N) is 3. The maximum absolute atomic E-state index is 13.3. The molecule has 0 radical (unpaired) electrons. The first-order valence-electron chi connectivity index (χ1n) is 11.1. The molecule has 11 heteroatoms. The Morgan fingerprint density at radius 3 is 2.26 bits per heavy atom. The third kappa shape index (κ3) is 7.09. The van der Waals surface area contributed by atoms with Crippen LogP contribution in [0, 0.1) is 5.82 Å². The Kier molecular flexibility index (Phi) is 9.69. The zero-order chi connectivity index (χ0) is 25.3. The first-order chi connectivity index (χ1) is 16.1. The quantitative estimate of drug-likeness (QED) is 0.429.